The van der Waals surface area contributed by atoms with Crippen molar-refractivity contribution in [1.29, 1.82) is 0 Å². The van der Waals surface area contributed by atoms with Crippen LogP contribution in [0.5, 0.6) is 0 Å². The Morgan fingerprint density at radius 1 is 0.881 bits per heavy atom. The highest BCUT2D eigenvalue weighted by Crippen LogP contribution is 2.29. The van der Waals surface area contributed by atoms with E-state index in [-0.39, 0.29) is 30.9 Å². The van der Waals surface area contributed by atoms with E-state index in [1.54, 1.807) is 9.80 Å². The smallest absolute Gasteiger partial charge is 0.361 e. The number of aryl methyl sites for hydroxylation is 1. The number of benzene rings is 3. The van der Waals surface area contributed by atoms with Gasteiger partial charge < -0.3 is 14.8 Å². The number of alkyl halides is 3. The van der Waals surface area contributed by atoms with E-state index in [4.69, 9.17) is 0 Å². The highest BCUT2D eigenvalue weighted by atomic mass is 19.4. The summed E-state index contributed by atoms with van der Waals surface area (Å²) in [6, 6.07) is 20.1. The third-order valence-electron chi connectivity index (χ3n) is 7.54. The monoisotopic (exact) mass is 577 g/mol. The molecule has 0 aliphatic heterocycles. The summed E-state index contributed by atoms with van der Waals surface area (Å²) in [5.41, 5.74) is 3.56. The van der Waals surface area contributed by atoms with E-state index in [0.717, 1.165) is 47.9 Å². The molecular weight excluding hydrogens is 539 g/mol. The van der Waals surface area contributed by atoms with Gasteiger partial charge in [-0.1, -0.05) is 55.8 Å². The minimum Gasteiger partial charge on any atom is -0.361 e. The molecule has 0 radical (unpaired) electrons. The quantitative estimate of drug-likeness (QED) is 0.188. The van der Waals surface area contributed by atoms with Gasteiger partial charge >= 0.3 is 6.18 Å². The molecule has 222 valence electrons. The number of amides is 2. The number of aromatic nitrogens is 1. The van der Waals surface area contributed by atoms with E-state index in [1.807, 2.05) is 68.6 Å². The molecule has 4 rings (SSSR count). The van der Waals surface area contributed by atoms with Gasteiger partial charge in [-0.2, -0.15) is 13.2 Å². The van der Waals surface area contributed by atoms with Crippen molar-refractivity contribution in [3.63, 3.8) is 0 Å². The molecule has 8 heteroatoms. The number of fused-ring (bicyclic) bond motifs is 1. The number of halogens is 3. The molecule has 0 aliphatic carbocycles. The number of carbonyl (C=O) groups excluding carboxylic acids is 2. The van der Waals surface area contributed by atoms with Gasteiger partial charge in [0.05, 0.1) is 5.56 Å². The van der Waals surface area contributed by atoms with E-state index >= 15 is 0 Å². The van der Waals surface area contributed by atoms with E-state index in [9.17, 15) is 22.8 Å². The lowest BCUT2D eigenvalue weighted by molar-refractivity contribution is -0.137. The number of aromatic amines is 1. The summed E-state index contributed by atoms with van der Waals surface area (Å²) < 4.78 is 39.4. The summed E-state index contributed by atoms with van der Waals surface area (Å²) in [4.78, 5) is 33.7. The zero-order chi connectivity index (χ0) is 30.3. The normalized spacial score (nSPS) is 11.7. The van der Waals surface area contributed by atoms with E-state index in [0.29, 0.717) is 24.1 Å². The SMILES string of the molecule is CCCCc1ccc(C(=O)N(CC(=O)N(CCc2c[nH]c3ccccc23)Cc2ccc(C(F)(F)F)cc2)C(C)C)cc1. The van der Waals surface area contributed by atoms with Gasteiger partial charge in [-0.05, 0) is 80.1 Å². The molecule has 1 heterocycles. The fourth-order valence-electron chi connectivity index (χ4n) is 5.00. The van der Waals surface area contributed by atoms with Gasteiger partial charge in [-0.25, -0.2) is 0 Å². The van der Waals surface area contributed by atoms with Crippen LogP contribution in [0.3, 0.4) is 0 Å². The van der Waals surface area contributed by atoms with Crippen molar-refractivity contribution in [2.75, 3.05) is 13.1 Å². The molecule has 0 atom stereocenters. The Kier molecular flexibility index (Phi) is 10.1. The number of hydrogen-bond acceptors (Lipinski definition) is 2. The Morgan fingerprint density at radius 2 is 1.55 bits per heavy atom. The summed E-state index contributed by atoms with van der Waals surface area (Å²) in [6.45, 7) is 6.21. The van der Waals surface area contributed by atoms with Gasteiger partial charge in [0.15, 0.2) is 0 Å². The van der Waals surface area contributed by atoms with Crippen molar-refractivity contribution in [1.82, 2.24) is 14.8 Å². The number of hydrogen-bond donors (Lipinski definition) is 1. The van der Waals surface area contributed by atoms with Crippen LogP contribution >= 0.6 is 0 Å². The lowest BCUT2D eigenvalue weighted by atomic mass is 10.1. The minimum absolute atomic E-state index is 0.131. The Bertz CT molecular complexity index is 1470. The Hall–Kier alpha value is -4.07. The average molecular weight is 578 g/mol. The highest BCUT2D eigenvalue weighted by Gasteiger charge is 2.30. The topological polar surface area (TPSA) is 56.4 Å². The number of H-pyrrole nitrogens is 1. The molecule has 1 N–H and O–H groups in total. The third-order valence-corrected chi connectivity index (χ3v) is 7.54. The van der Waals surface area contributed by atoms with E-state index < -0.39 is 11.7 Å². The van der Waals surface area contributed by atoms with E-state index in [2.05, 4.69) is 11.9 Å². The van der Waals surface area contributed by atoms with Crippen molar-refractivity contribution in [2.24, 2.45) is 0 Å². The second-order valence-corrected chi connectivity index (χ2v) is 10.9. The van der Waals surface area contributed by atoms with Crippen LogP contribution in [-0.4, -0.2) is 45.7 Å². The molecule has 0 fully saturated rings. The van der Waals surface area contributed by atoms with Crippen LogP contribution in [0.1, 0.15) is 66.2 Å². The van der Waals surface area contributed by atoms with Crippen LogP contribution < -0.4 is 0 Å². The number of carbonyl (C=O) groups is 2. The van der Waals surface area contributed by atoms with Crippen molar-refractivity contribution >= 4 is 22.7 Å². The lowest BCUT2D eigenvalue weighted by Gasteiger charge is -2.30. The van der Waals surface area contributed by atoms with Crippen LogP contribution in [0, 0.1) is 0 Å². The first kappa shape index (κ1) is 30.9. The van der Waals surface area contributed by atoms with Crippen molar-refractivity contribution in [3.05, 3.63) is 107 Å². The molecule has 0 saturated carbocycles. The molecule has 42 heavy (non-hydrogen) atoms. The number of para-hydroxylation sites is 1. The first-order valence-corrected chi connectivity index (χ1v) is 14.5. The Balaban J connectivity index is 1.53. The molecule has 0 unspecified atom stereocenters. The molecule has 0 bridgehead atoms. The Morgan fingerprint density at radius 3 is 2.19 bits per heavy atom. The summed E-state index contributed by atoms with van der Waals surface area (Å²) in [6.07, 6.45) is 1.15. The highest BCUT2D eigenvalue weighted by molar-refractivity contribution is 5.96. The molecule has 2 amide bonds. The van der Waals surface area contributed by atoms with Crippen LogP contribution in [0.15, 0.2) is 79.0 Å². The molecule has 5 nitrogen and oxygen atoms in total. The molecular formula is C34H38F3N3O2. The van der Waals surface area contributed by atoms with Gasteiger partial charge in [-0.3, -0.25) is 9.59 Å². The zero-order valence-electron chi connectivity index (χ0n) is 24.4. The molecule has 3 aromatic carbocycles. The maximum Gasteiger partial charge on any atom is 0.416 e. The first-order chi connectivity index (χ1) is 20.1. The first-order valence-electron chi connectivity index (χ1n) is 14.5. The summed E-state index contributed by atoms with van der Waals surface area (Å²) in [5, 5.41) is 1.06. The van der Waals surface area contributed by atoms with Gasteiger partial charge in [-0.15, -0.1) is 0 Å². The molecule has 0 saturated heterocycles. The van der Waals surface area contributed by atoms with Crippen LogP contribution in [0.4, 0.5) is 13.2 Å². The fourth-order valence-corrected chi connectivity index (χ4v) is 5.00. The molecule has 1 aromatic heterocycles. The number of rotatable bonds is 12. The van der Waals surface area contributed by atoms with Crippen molar-refractivity contribution < 1.29 is 22.8 Å². The number of unbranched alkanes of at least 4 members (excludes halogenated alkanes) is 1. The second-order valence-electron chi connectivity index (χ2n) is 10.9. The van der Waals surface area contributed by atoms with Crippen LogP contribution in [0.25, 0.3) is 10.9 Å². The predicted octanol–water partition coefficient (Wildman–Crippen LogP) is 7.65. The zero-order valence-corrected chi connectivity index (χ0v) is 24.4. The standard InChI is InChI=1S/C34H38F3N3O2/c1-4-5-8-25-11-15-27(16-12-25)33(42)40(24(2)3)23-32(41)39(22-26-13-17-29(18-14-26)34(35,36)37)20-19-28-21-38-31-10-7-6-9-30(28)31/h6-7,9-18,21,24,38H,4-5,8,19-20,22-23H2,1-3H3. The fraction of sp³-hybridized carbons (Fsp3) is 0.353. The second kappa shape index (κ2) is 13.7. The molecule has 0 spiro atoms. The summed E-state index contributed by atoms with van der Waals surface area (Å²) >= 11 is 0. The largest absolute Gasteiger partial charge is 0.416 e. The Labute approximate surface area is 245 Å². The third kappa shape index (κ3) is 7.81. The maximum absolute atomic E-state index is 13.8. The minimum atomic E-state index is -4.43. The average Bonchev–Trinajstić information content (AvgIpc) is 3.39. The maximum atomic E-state index is 13.8. The van der Waals surface area contributed by atoms with Crippen LogP contribution in [0.2, 0.25) is 0 Å². The number of nitrogens with one attached hydrogen (secondary N) is 1. The molecule has 4 aromatic rings. The number of nitrogens with zero attached hydrogens (tertiary/aromatic N) is 2. The summed E-state index contributed by atoms with van der Waals surface area (Å²) in [7, 11) is 0. The summed E-state index contributed by atoms with van der Waals surface area (Å²) in [5.74, 6) is -0.497. The molecule has 0 aliphatic rings. The van der Waals surface area contributed by atoms with Crippen molar-refractivity contribution in [2.45, 2.75) is 65.2 Å². The van der Waals surface area contributed by atoms with Gasteiger partial charge in [0.25, 0.3) is 5.91 Å². The van der Waals surface area contributed by atoms with E-state index in [1.165, 1.54) is 17.7 Å². The van der Waals surface area contributed by atoms with Gasteiger partial charge in [0.2, 0.25) is 5.91 Å². The van der Waals surface area contributed by atoms with Crippen molar-refractivity contribution in [3.8, 4) is 0 Å². The van der Waals surface area contributed by atoms with Crippen LogP contribution in [-0.2, 0) is 30.4 Å². The predicted molar refractivity (Wildman–Crippen MR) is 160 cm³/mol. The lowest BCUT2D eigenvalue weighted by Crippen LogP contribution is -2.46. The van der Waals surface area contributed by atoms with Gasteiger partial charge in [0, 0.05) is 41.8 Å². The van der Waals surface area contributed by atoms with Gasteiger partial charge in [0.1, 0.15) is 6.54 Å².